The first-order chi connectivity index (χ1) is 8.76. The van der Waals surface area contributed by atoms with E-state index >= 15 is 0 Å². The average Bonchev–Trinajstić information content (AvgIpc) is 2.80. The number of methoxy groups -OCH3 is 1. The maximum Gasteiger partial charge on any atom is 0.0465 e. The van der Waals surface area contributed by atoms with Crippen molar-refractivity contribution in [3.63, 3.8) is 0 Å². The van der Waals surface area contributed by atoms with Crippen LogP contribution in [0.5, 0.6) is 0 Å². The van der Waals surface area contributed by atoms with E-state index in [9.17, 15) is 0 Å². The van der Waals surface area contributed by atoms with Crippen LogP contribution in [-0.4, -0.2) is 20.8 Å². The van der Waals surface area contributed by atoms with Crippen LogP contribution in [0.1, 0.15) is 24.3 Å². The van der Waals surface area contributed by atoms with Gasteiger partial charge in [-0.2, -0.15) is 0 Å². The van der Waals surface area contributed by atoms with Crippen LogP contribution < -0.4 is 5.32 Å². The predicted molar refractivity (Wildman–Crippen MR) is 79.3 cm³/mol. The predicted octanol–water partition coefficient (Wildman–Crippen LogP) is 3.83. The van der Waals surface area contributed by atoms with Gasteiger partial charge in [-0.3, -0.25) is 0 Å². The minimum absolute atomic E-state index is 0.414. The molecule has 0 saturated heterocycles. The molecule has 0 aliphatic carbocycles. The van der Waals surface area contributed by atoms with E-state index in [1.165, 1.54) is 15.0 Å². The number of hydrogen-bond acceptors (Lipinski definition) is 3. The van der Waals surface area contributed by atoms with Gasteiger partial charge in [0.15, 0.2) is 0 Å². The van der Waals surface area contributed by atoms with Crippen LogP contribution in [-0.2, 0) is 4.74 Å². The monoisotopic (exact) mass is 263 g/mol. The van der Waals surface area contributed by atoms with Crippen molar-refractivity contribution in [2.75, 3.05) is 20.8 Å². The number of rotatable bonds is 6. The zero-order chi connectivity index (χ0) is 13.0. The Kier molecular flexibility index (Phi) is 4.75. The standard InChI is InChI=1S/C15H21NOS/c1-11(8-9-17-3)15(16-2)14-10-12-6-4-5-7-13(12)18-14/h4-7,10-11,15-16H,8-9H2,1-3H3. The summed E-state index contributed by atoms with van der Waals surface area (Å²) in [6.45, 7) is 3.11. The molecule has 3 heteroatoms. The van der Waals surface area contributed by atoms with Gasteiger partial charge in [0.05, 0.1) is 0 Å². The van der Waals surface area contributed by atoms with Gasteiger partial charge in [0.25, 0.3) is 0 Å². The molecule has 1 aromatic heterocycles. The lowest BCUT2D eigenvalue weighted by Gasteiger charge is -2.22. The summed E-state index contributed by atoms with van der Waals surface area (Å²) in [6.07, 6.45) is 1.08. The highest BCUT2D eigenvalue weighted by Crippen LogP contribution is 2.33. The maximum atomic E-state index is 5.18. The number of benzene rings is 1. The van der Waals surface area contributed by atoms with Gasteiger partial charge in [-0.1, -0.05) is 25.1 Å². The van der Waals surface area contributed by atoms with Crippen LogP contribution >= 0.6 is 11.3 Å². The molecule has 1 aromatic carbocycles. The number of thiophene rings is 1. The van der Waals surface area contributed by atoms with Gasteiger partial charge in [-0.05, 0) is 36.9 Å². The summed E-state index contributed by atoms with van der Waals surface area (Å²) >= 11 is 1.89. The smallest absolute Gasteiger partial charge is 0.0465 e. The fourth-order valence-electron chi connectivity index (χ4n) is 2.33. The zero-order valence-electron chi connectivity index (χ0n) is 11.3. The summed E-state index contributed by atoms with van der Waals surface area (Å²) in [6, 6.07) is 11.3. The summed E-state index contributed by atoms with van der Waals surface area (Å²) in [5, 5.41) is 4.79. The lowest BCUT2D eigenvalue weighted by atomic mass is 9.97. The van der Waals surface area contributed by atoms with Gasteiger partial charge in [0.1, 0.15) is 0 Å². The Balaban J connectivity index is 2.20. The molecular formula is C15H21NOS. The number of nitrogens with one attached hydrogen (secondary N) is 1. The van der Waals surface area contributed by atoms with E-state index in [0.717, 1.165) is 13.0 Å². The van der Waals surface area contributed by atoms with Gasteiger partial charge < -0.3 is 10.1 Å². The number of ether oxygens (including phenoxy) is 1. The molecule has 2 rings (SSSR count). The lowest BCUT2D eigenvalue weighted by Crippen LogP contribution is -2.23. The van der Waals surface area contributed by atoms with E-state index < -0.39 is 0 Å². The Bertz CT molecular complexity index is 461. The fraction of sp³-hybridized carbons (Fsp3) is 0.467. The van der Waals surface area contributed by atoms with E-state index in [1.807, 2.05) is 18.4 Å². The molecule has 0 aliphatic rings. The van der Waals surface area contributed by atoms with Gasteiger partial charge in [0.2, 0.25) is 0 Å². The molecule has 0 fully saturated rings. The van der Waals surface area contributed by atoms with Crippen molar-refractivity contribution in [3.8, 4) is 0 Å². The molecule has 2 nitrogen and oxygen atoms in total. The van der Waals surface area contributed by atoms with Gasteiger partial charge in [0, 0.05) is 29.3 Å². The summed E-state index contributed by atoms with van der Waals surface area (Å²) in [7, 11) is 3.80. The SMILES string of the molecule is CNC(c1cc2ccccc2s1)C(C)CCOC. The van der Waals surface area contributed by atoms with Crippen molar-refractivity contribution in [1.29, 1.82) is 0 Å². The van der Waals surface area contributed by atoms with E-state index in [0.29, 0.717) is 12.0 Å². The Hall–Kier alpha value is -0.900. The van der Waals surface area contributed by atoms with Crippen LogP contribution in [0.2, 0.25) is 0 Å². The van der Waals surface area contributed by atoms with Gasteiger partial charge in [-0.25, -0.2) is 0 Å². The Labute approximate surface area is 113 Å². The minimum atomic E-state index is 0.414. The van der Waals surface area contributed by atoms with Gasteiger partial charge in [-0.15, -0.1) is 11.3 Å². The van der Waals surface area contributed by atoms with Crippen molar-refractivity contribution < 1.29 is 4.74 Å². The number of hydrogen-bond donors (Lipinski definition) is 1. The molecule has 0 aliphatic heterocycles. The van der Waals surface area contributed by atoms with Crippen LogP contribution in [0.3, 0.4) is 0 Å². The second-order valence-corrected chi connectivity index (χ2v) is 5.83. The Morgan fingerprint density at radius 3 is 2.78 bits per heavy atom. The van der Waals surface area contributed by atoms with Crippen LogP contribution in [0, 0.1) is 5.92 Å². The van der Waals surface area contributed by atoms with Crippen molar-refractivity contribution in [1.82, 2.24) is 5.32 Å². The zero-order valence-corrected chi connectivity index (χ0v) is 12.1. The molecular weight excluding hydrogens is 242 g/mol. The van der Waals surface area contributed by atoms with E-state index in [-0.39, 0.29) is 0 Å². The second kappa shape index (κ2) is 6.32. The first kappa shape index (κ1) is 13.5. The summed E-state index contributed by atoms with van der Waals surface area (Å²) in [4.78, 5) is 1.42. The largest absolute Gasteiger partial charge is 0.385 e. The first-order valence-corrected chi connectivity index (χ1v) is 7.22. The molecule has 0 bridgehead atoms. The molecule has 1 heterocycles. The molecule has 2 atom stereocenters. The molecule has 18 heavy (non-hydrogen) atoms. The third-order valence-corrected chi connectivity index (χ3v) is 4.61. The maximum absolute atomic E-state index is 5.18. The third-order valence-electron chi connectivity index (χ3n) is 3.41. The minimum Gasteiger partial charge on any atom is -0.385 e. The molecule has 2 aromatic rings. The highest BCUT2D eigenvalue weighted by molar-refractivity contribution is 7.19. The highest BCUT2D eigenvalue weighted by Gasteiger charge is 2.19. The highest BCUT2D eigenvalue weighted by atomic mass is 32.1. The van der Waals surface area contributed by atoms with Crippen LogP contribution in [0.4, 0.5) is 0 Å². The molecule has 0 saturated carbocycles. The Morgan fingerprint density at radius 2 is 2.11 bits per heavy atom. The van der Waals surface area contributed by atoms with Crippen molar-refractivity contribution in [3.05, 3.63) is 35.2 Å². The van der Waals surface area contributed by atoms with Gasteiger partial charge >= 0.3 is 0 Å². The topological polar surface area (TPSA) is 21.3 Å². The Morgan fingerprint density at radius 1 is 1.33 bits per heavy atom. The third kappa shape index (κ3) is 2.91. The average molecular weight is 263 g/mol. The normalized spacial score (nSPS) is 14.8. The van der Waals surface area contributed by atoms with E-state index in [2.05, 4.69) is 42.6 Å². The van der Waals surface area contributed by atoms with Crippen LogP contribution in [0.25, 0.3) is 10.1 Å². The van der Waals surface area contributed by atoms with Crippen LogP contribution in [0.15, 0.2) is 30.3 Å². The van der Waals surface area contributed by atoms with Crippen molar-refractivity contribution in [2.45, 2.75) is 19.4 Å². The molecule has 0 spiro atoms. The summed E-state index contributed by atoms with van der Waals surface area (Å²) < 4.78 is 6.54. The van der Waals surface area contributed by atoms with Crippen molar-refractivity contribution in [2.24, 2.45) is 5.92 Å². The molecule has 1 N–H and O–H groups in total. The summed E-state index contributed by atoms with van der Waals surface area (Å²) in [5.74, 6) is 0.572. The van der Waals surface area contributed by atoms with E-state index in [4.69, 9.17) is 4.74 Å². The summed E-state index contributed by atoms with van der Waals surface area (Å²) in [5.41, 5.74) is 0. The molecule has 98 valence electrons. The van der Waals surface area contributed by atoms with E-state index in [1.54, 1.807) is 7.11 Å². The molecule has 0 amide bonds. The molecule has 0 radical (unpaired) electrons. The lowest BCUT2D eigenvalue weighted by molar-refractivity contribution is 0.171. The quantitative estimate of drug-likeness (QED) is 0.855. The number of fused-ring (bicyclic) bond motifs is 1. The van der Waals surface area contributed by atoms with Crippen molar-refractivity contribution >= 4 is 21.4 Å². The first-order valence-electron chi connectivity index (χ1n) is 6.41. The fourth-order valence-corrected chi connectivity index (χ4v) is 3.64. The second-order valence-electron chi connectivity index (χ2n) is 4.71. The molecule has 2 unspecified atom stereocenters.